The number of primary amides is 1. The largest absolute Gasteiger partial charge is 0.369 e. The summed E-state index contributed by atoms with van der Waals surface area (Å²) in [5.41, 5.74) is 7.92. The van der Waals surface area contributed by atoms with Crippen molar-refractivity contribution in [3.05, 3.63) is 33.8 Å². The van der Waals surface area contributed by atoms with Crippen molar-refractivity contribution in [2.24, 2.45) is 11.7 Å². The van der Waals surface area contributed by atoms with Crippen LogP contribution >= 0.6 is 15.9 Å². The van der Waals surface area contributed by atoms with Crippen LogP contribution in [-0.4, -0.2) is 5.91 Å². The second kappa shape index (κ2) is 3.73. The molecule has 1 aromatic rings. The third-order valence-electron chi connectivity index (χ3n) is 2.80. The van der Waals surface area contributed by atoms with Crippen LogP contribution < -0.4 is 5.73 Å². The lowest BCUT2D eigenvalue weighted by Gasteiger charge is -2.22. The van der Waals surface area contributed by atoms with E-state index in [1.807, 2.05) is 6.07 Å². The summed E-state index contributed by atoms with van der Waals surface area (Å²) >= 11 is 3.44. The molecule has 3 heteroatoms. The smallest absolute Gasteiger partial charge is 0.220 e. The number of hydrogen-bond donors (Lipinski definition) is 1. The van der Waals surface area contributed by atoms with Gasteiger partial charge in [0.15, 0.2) is 0 Å². The Morgan fingerprint density at radius 3 is 2.93 bits per heavy atom. The summed E-state index contributed by atoms with van der Waals surface area (Å²) in [5, 5.41) is 0. The third-order valence-corrected chi connectivity index (χ3v) is 3.29. The molecule has 0 saturated heterocycles. The second-order valence-corrected chi connectivity index (χ2v) is 4.67. The number of aryl methyl sites for hydroxylation is 1. The SMILES string of the molecule is NC(=O)[C@H]1CCc2cc(Br)ccc2C1. The molecule has 1 aliphatic carbocycles. The van der Waals surface area contributed by atoms with Crippen molar-refractivity contribution >= 4 is 21.8 Å². The average molecular weight is 254 g/mol. The molecule has 0 aliphatic heterocycles. The van der Waals surface area contributed by atoms with E-state index in [4.69, 9.17) is 5.73 Å². The van der Waals surface area contributed by atoms with Gasteiger partial charge in [0.1, 0.15) is 0 Å². The van der Waals surface area contributed by atoms with Gasteiger partial charge in [-0.3, -0.25) is 4.79 Å². The van der Waals surface area contributed by atoms with Gasteiger partial charge in [0.2, 0.25) is 5.91 Å². The standard InChI is InChI=1S/C11H12BrNO/c12-10-4-3-7-5-9(11(13)14)2-1-8(7)6-10/h3-4,6,9H,1-2,5H2,(H2,13,14)/t9-/m0/s1. The van der Waals surface area contributed by atoms with Gasteiger partial charge in [-0.05, 0) is 42.5 Å². The number of fused-ring (bicyclic) bond motifs is 1. The van der Waals surface area contributed by atoms with Crippen molar-refractivity contribution in [2.75, 3.05) is 0 Å². The number of rotatable bonds is 1. The zero-order valence-corrected chi connectivity index (χ0v) is 9.38. The number of halogens is 1. The van der Waals surface area contributed by atoms with E-state index in [0.29, 0.717) is 0 Å². The van der Waals surface area contributed by atoms with Crippen LogP contribution in [-0.2, 0) is 17.6 Å². The van der Waals surface area contributed by atoms with E-state index < -0.39 is 0 Å². The van der Waals surface area contributed by atoms with Crippen LogP contribution in [0.2, 0.25) is 0 Å². The molecule has 0 spiro atoms. The minimum atomic E-state index is -0.168. The zero-order valence-electron chi connectivity index (χ0n) is 7.79. The van der Waals surface area contributed by atoms with E-state index in [1.165, 1.54) is 11.1 Å². The first kappa shape index (κ1) is 9.71. The number of carbonyl (C=O) groups is 1. The van der Waals surface area contributed by atoms with Crippen molar-refractivity contribution in [1.29, 1.82) is 0 Å². The molecule has 0 bridgehead atoms. The molecule has 0 aromatic heterocycles. The molecule has 0 unspecified atom stereocenters. The summed E-state index contributed by atoms with van der Waals surface area (Å²) in [6.07, 6.45) is 2.65. The van der Waals surface area contributed by atoms with Crippen LogP contribution in [0.3, 0.4) is 0 Å². The zero-order chi connectivity index (χ0) is 10.1. The fourth-order valence-corrected chi connectivity index (χ4v) is 2.37. The number of hydrogen-bond acceptors (Lipinski definition) is 1. The van der Waals surface area contributed by atoms with Crippen LogP contribution in [0.1, 0.15) is 17.5 Å². The summed E-state index contributed by atoms with van der Waals surface area (Å²) in [4.78, 5) is 11.0. The highest BCUT2D eigenvalue weighted by Crippen LogP contribution is 2.27. The first-order chi connectivity index (χ1) is 6.66. The molecule has 2 rings (SSSR count). The normalized spacial score (nSPS) is 20.2. The topological polar surface area (TPSA) is 43.1 Å². The lowest BCUT2D eigenvalue weighted by molar-refractivity contribution is -0.122. The predicted octanol–water partition coefficient (Wildman–Crippen LogP) is 2.04. The van der Waals surface area contributed by atoms with Crippen LogP contribution in [0.5, 0.6) is 0 Å². The lowest BCUT2D eigenvalue weighted by Crippen LogP contribution is -2.28. The number of benzene rings is 1. The Bertz CT molecular complexity index is 376. The van der Waals surface area contributed by atoms with E-state index in [2.05, 4.69) is 28.1 Å². The number of nitrogens with two attached hydrogens (primary N) is 1. The maximum absolute atomic E-state index is 11.0. The summed E-state index contributed by atoms with van der Waals surface area (Å²) in [5.74, 6) is -0.137. The molecule has 74 valence electrons. The van der Waals surface area contributed by atoms with Crippen molar-refractivity contribution in [2.45, 2.75) is 19.3 Å². The second-order valence-electron chi connectivity index (χ2n) is 3.76. The Balaban J connectivity index is 2.27. The van der Waals surface area contributed by atoms with Crippen LogP contribution in [0.25, 0.3) is 0 Å². The summed E-state index contributed by atoms with van der Waals surface area (Å²) in [7, 11) is 0. The highest BCUT2D eigenvalue weighted by Gasteiger charge is 2.22. The average Bonchev–Trinajstić information content (AvgIpc) is 2.16. The fourth-order valence-electron chi connectivity index (χ4n) is 1.97. The quantitative estimate of drug-likeness (QED) is 0.818. The first-order valence-corrected chi connectivity index (χ1v) is 5.53. The van der Waals surface area contributed by atoms with Crippen LogP contribution in [0.15, 0.2) is 22.7 Å². The van der Waals surface area contributed by atoms with Crippen LogP contribution in [0.4, 0.5) is 0 Å². The summed E-state index contributed by atoms with van der Waals surface area (Å²) < 4.78 is 1.11. The van der Waals surface area contributed by atoms with Gasteiger partial charge in [0.25, 0.3) is 0 Å². The van der Waals surface area contributed by atoms with Gasteiger partial charge in [-0.25, -0.2) is 0 Å². The van der Waals surface area contributed by atoms with Gasteiger partial charge in [-0.1, -0.05) is 22.0 Å². The highest BCUT2D eigenvalue weighted by molar-refractivity contribution is 9.10. The van der Waals surface area contributed by atoms with Crippen molar-refractivity contribution in [3.63, 3.8) is 0 Å². The van der Waals surface area contributed by atoms with Gasteiger partial charge < -0.3 is 5.73 Å². The molecular formula is C11H12BrNO. The highest BCUT2D eigenvalue weighted by atomic mass is 79.9. The van der Waals surface area contributed by atoms with Gasteiger partial charge in [-0.15, -0.1) is 0 Å². The molecule has 1 aliphatic rings. The van der Waals surface area contributed by atoms with Crippen molar-refractivity contribution < 1.29 is 4.79 Å². The Kier molecular flexibility index (Phi) is 2.59. The molecule has 1 amide bonds. The minimum absolute atomic E-state index is 0.0312. The molecule has 0 fully saturated rings. The molecule has 2 nitrogen and oxygen atoms in total. The molecular weight excluding hydrogens is 242 g/mol. The molecule has 1 aromatic carbocycles. The Labute approximate surface area is 91.6 Å². The molecule has 0 radical (unpaired) electrons. The third kappa shape index (κ3) is 1.82. The van der Waals surface area contributed by atoms with Gasteiger partial charge >= 0.3 is 0 Å². The number of carbonyl (C=O) groups excluding carboxylic acids is 1. The maximum Gasteiger partial charge on any atom is 0.220 e. The van der Waals surface area contributed by atoms with Gasteiger partial charge in [-0.2, -0.15) is 0 Å². The van der Waals surface area contributed by atoms with Crippen molar-refractivity contribution in [1.82, 2.24) is 0 Å². The Morgan fingerprint density at radius 1 is 1.43 bits per heavy atom. The molecule has 14 heavy (non-hydrogen) atoms. The first-order valence-electron chi connectivity index (χ1n) is 4.73. The number of amides is 1. The Morgan fingerprint density at radius 2 is 2.21 bits per heavy atom. The van der Waals surface area contributed by atoms with E-state index >= 15 is 0 Å². The minimum Gasteiger partial charge on any atom is -0.369 e. The molecule has 0 heterocycles. The Hall–Kier alpha value is -0.830. The van der Waals surface area contributed by atoms with Gasteiger partial charge in [0, 0.05) is 10.4 Å². The van der Waals surface area contributed by atoms with E-state index in [1.54, 1.807) is 0 Å². The molecule has 1 atom stereocenters. The van der Waals surface area contributed by atoms with E-state index in [-0.39, 0.29) is 11.8 Å². The fraction of sp³-hybridized carbons (Fsp3) is 0.364. The monoisotopic (exact) mass is 253 g/mol. The molecule has 0 saturated carbocycles. The maximum atomic E-state index is 11.0. The summed E-state index contributed by atoms with van der Waals surface area (Å²) in [6, 6.07) is 6.23. The van der Waals surface area contributed by atoms with Crippen molar-refractivity contribution in [3.8, 4) is 0 Å². The van der Waals surface area contributed by atoms with E-state index in [0.717, 1.165) is 23.7 Å². The molecule has 2 N–H and O–H groups in total. The predicted molar refractivity (Wildman–Crippen MR) is 58.9 cm³/mol. The van der Waals surface area contributed by atoms with E-state index in [9.17, 15) is 4.79 Å². The summed E-state index contributed by atoms with van der Waals surface area (Å²) in [6.45, 7) is 0. The lowest BCUT2D eigenvalue weighted by atomic mass is 9.84. The van der Waals surface area contributed by atoms with Gasteiger partial charge in [0.05, 0.1) is 0 Å². The van der Waals surface area contributed by atoms with Crippen LogP contribution in [0, 0.1) is 5.92 Å².